The molecular weight excluding hydrogens is 177 g/mol. The molecule has 68 valence electrons. The van der Waals surface area contributed by atoms with Crippen molar-refractivity contribution in [3.05, 3.63) is 30.1 Å². The highest BCUT2D eigenvalue weighted by atomic mass is 35.5. The summed E-state index contributed by atoms with van der Waals surface area (Å²) in [6.07, 6.45) is 1.05. The Morgan fingerprint density at radius 3 is 2.75 bits per heavy atom. The molecule has 1 nitrogen and oxygen atoms in total. The van der Waals surface area contributed by atoms with Crippen molar-refractivity contribution in [3.63, 3.8) is 0 Å². The molecule has 0 unspecified atom stereocenters. The van der Waals surface area contributed by atoms with Crippen LogP contribution in [-0.2, 0) is 0 Å². The predicted molar refractivity (Wildman–Crippen MR) is 52.4 cm³/mol. The number of hydrogen-bond donors (Lipinski definition) is 1. The molecule has 0 radical (unpaired) electrons. The lowest BCUT2D eigenvalue weighted by Crippen LogP contribution is -1.99. The first-order valence-electron chi connectivity index (χ1n) is 3.82. The zero-order chi connectivity index (χ0) is 8.10. The zero-order valence-electron chi connectivity index (χ0n) is 7.01. The van der Waals surface area contributed by atoms with E-state index in [9.17, 15) is 4.39 Å². The Morgan fingerprint density at radius 1 is 1.42 bits per heavy atom. The number of anilines is 1. The van der Waals surface area contributed by atoms with E-state index in [-0.39, 0.29) is 18.2 Å². The lowest BCUT2D eigenvalue weighted by Gasteiger charge is -2.02. The number of hydrogen-bond acceptors (Lipinski definition) is 1. The number of benzene rings is 1. The molecule has 0 saturated heterocycles. The monoisotopic (exact) mass is 189 g/mol. The summed E-state index contributed by atoms with van der Waals surface area (Å²) in [5, 5.41) is 3.10. The van der Waals surface area contributed by atoms with Crippen LogP contribution in [0.15, 0.2) is 24.3 Å². The summed E-state index contributed by atoms with van der Waals surface area (Å²) < 4.78 is 12.6. The third-order valence-corrected chi connectivity index (χ3v) is 1.40. The van der Waals surface area contributed by atoms with Gasteiger partial charge in [-0.05, 0) is 24.6 Å². The minimum atomic E-state index is -0.189. The van der Waals surface area contributed by atoms with E-state index in [1.54, 1.807) is 6.07 Å². The molecule has 12 heavy (non-hydrogen) atoms. The van der Waals surface area contributed by atoms with E-state index < -0.39 is 0 Å². The molecule has 0 heterocycles. The number of rotatable bonds is 3. The van der Waals surface area contributed by atoms with Gasteiger partial charge in [0.05, 0.1) is 0 Å². The quantitative estimate of drug-likeness (QED) is 0.771. The van der Waals surface area contributed by atoms with Crippen molar-refractivity contribution < 1.29 is 4.39 Å². The summed E-state index contributed by atoms with van der Waals surface area (Å²) in [6, 6.07) is 6.50. The Balaban J connectivity index is 0.00000121. The van der Waals surface area contributed by atoms with Gasteiger partial charge in [-0.15, -0.1) is 12.4 Å². The first kappa shape index (κ1) is 11.2. The molecule has 0 spiro atoms. The fourth-order valence-corrected chi connectivity index (χ4v) is 0.868. The fourth-order valence-electron chi connectivity index (χ4n) is 0.868. The van der Waals surface area contributed by atoms with Gasteiger partial charge in [0.2, 0.25) is 0 Å². The Hall–Kier alpha value is -0.760. The van der Waals surface area contributed by atoms with Crippen LogP contribution in [0.4, 0.5) is 10.1 Å². The Bertz CT molecular complexity index is 228. The van der Waals surface area contributed by atoms with Gasteiger partial charge in [0, 0.05) is 12.2 Å². The van der Waals surface area contributed by atoms with Crippen molar-refractivity contribution in [3.8, 4) is 0 Å². The lowest BCUT2D eigenvalue weighted by molar-refractivity contribution is 0.628. The van der Waals surface area contributed by atoms with Crippen molar-refractivity contribution in [2.75, 3.05) is 11.9 Å². The van der Waals surface area contributed by atoms with Gasteiger partial charge in [0.1, 0.15) is 5.82 Å². The summed E-state index contributed by atoms with van der Waals surface area (Å²) in [7, 11) is 0. The molecule has 0 bridgehead atoms. The molecule has 1 aromatic rings. The second kappa shape index (κ2) is 5.84. The SMILES string of the molecule is CCCNc1cccc(F)c1.Cl. The van der Waals surface area contributed by atoms with Crippen LogP contribution < -0.4 is 5.32 Å². The van der Waals surface area contributed by atoms with Gasteiger partial charge in [0.15, 0.2) is 0 Å². The maximum absolute atomic E-state index is 12.6. The van der Waals surface area contributed by atoms with E-state index in [2.05, 4.69) is 12.2 Å². The second-order valence-electron chi connectivity index (χ2n) is 2.44. The van der Waals surface area contributed by atoms with Crippen LogP contribution in [0.5, 0.6) is 0 Å². The number of nitrogens with one attached hydrogen (secondary N) is 1. The van der Waals surface area contributed by atoms with Crippen LogP contribution in [0.2, 0.25) is 0 Å². The van der Waals surface area contributed by atoms with Crippen LogP contribution in [0.25, 0.3) is 0 Å². The van der Waals surface area contributed by atoms with Crippen LogP contribution in [0.1, 0.15) is 13.3 Å². The van der Waals surface area contributed by atoms with Crippen molar-refractivity contribution in [1.29, 1.82) is 0 Å². The fraction of sp³-hybridized carbons (Fsp3) is 0.333. The van der Waals surface area contributed by atoms with Crippen molar-refractivity contribution in [2.45, 2.75) is 13.3 Å². The smallest absolute Gasteiger partial charge is 0.125 e. The van der Waals surface area contributed by atoms with Crippen LogP contribution in [-0.4, -0.2) is 6.54 Å². The first-order valence-corrected chi connectivity index (χ1v) is 3.82. The molecule has 0 aliphatic carbocycles. The molecule has 0 saturated carbocycles. The molecule has 0 amide bonds. The zero-order valence-corrected chi connectivity index (χ0v) is 7.83. The summed E-state index contributed by atoms with van der Waals surface area (Å²) in [5.74, 6) is -0.189. The van der Waals surface area contributed by atoms with Gasteiger partial charge in [-0.2, -0.15) is 0 Å². The standard InChI is InChI=1S/C9H12FN.ClH/c1-2-6-11-9-5-3-4-8(10)7-9;/h3-5,7,11H,2,6H2,1H3;1H. The molecule has 3 heteroatoms. The molecule has 0 aromatic heterocycles. The third-order valence-electron chi connectivity index (χ3n) is 1.40. The summed E-state index contributed by atoms with van der Waals surface area (Å²) in [4.78, 5) is 0. The topological polar surface area (TPSA) is 12.0 Å². The molecule has 0 fully saturated rings. The van der Waals surface area contributed by atoms with Crippen LogP contribution >= 0.6 is 12.4 Å². The highest BCUT2D eigenvalue weighted by molar-refractivity contribution is 5.85. The molecule has 0 aliphatic rings. The third kappa shape index (κ3) is 3.58. The van der Waals surface area contributed by atoms with Crippen LogP contribution in [0.3, 0.4) is 0 Å². The van der Waals surface area contributed by atoms with E-state index in [0.717, 1.165) is 18.7 Å². The minimum absolute atomic E-state index is 0. The molecular formula is C9H13ClFN. The molecule has 0 atom stereocenters. The Labute approximate surface area is 78.4 Å². The van der Waals surface area contributed by atoms with E-state index in [1.165, 1.54) is 12.1 Å². The number of halogens is 2. The van der Waals surface area contributed by atoms with E-state index in [0.29, 0.717) is 0 Å². The molecule has 1 N–H and O–H groups in total. The summed E-state index contributed by atoms with van der Waals surface area (Å²) >= 11 is 0. The van der Waals surface area contributed by atoms with Crippen molar-refractivity contribution >= 4 is 18.1 Å². The largest absolute Gasteiger partial charge is 0.385 e. The van der Waals surface area contributed by atoms with E-state index in [4.69, 9.17) is 0 Å². The van der Waals surface area contributed by atoms with Gasteiger partial charge < -0.3 is 5.32 Å². The lowest BCUT2D eigenvalue weighted by atomic mass is 10.3. The van der Waals surface area contributed by atoms with Gasteiger partial charge in [-0.25, -0.2) is 4.39 Å². The Morgan fingerprint density at radius 2 is 2.17 bits per heavy atom. The maximum atomic E-state index is 12.6. The highest BCUT2D eigenvalue weighted by Crippen LogP contribution is 2.08. The highest BCUT2D eigenvalue weighted by Gasteiger charge is 1.91. The van der Waals surface area contributed by atoms with Crippen molar-refractivity contribution in [2.24, 2.45) is 0 Å². The van der Waals surface area contributed by atoms with Gasteiger partial charge in [-0.1, -0.05) is 13.0 Å². The Kier molecular flexibility index (Phi) is 5.47. The maximum Gasteiger partial charge on any atom is 0.125 e. The van der Waals surface area contributed by atoms with E-state index >= 15 is 0 Å². The van der Waals surface area contributed by atoms with Crippen molar-refractivity contribution in [1.82, 2.24) is 0 Å². The summed E-state index contributed by atoms with van der Waals surface area (Å²) in [6.45, 7) is 2.97. The normalized spacial score (nSPS) is 8.83. The van der Waals surface area contributed by atoms with E-state index in [1.807, 2.05) is 6.07 Å². The molecule has 0 aliphatic heterocycles. The average molecular weight is 190 g/mol. The first-order chi connectivity index (χ1) is 5.33. The molecule has 1 rings (SSSR count). The second-order valence-corrected chi connectivity index (χ2v) is 2.44. The molecule has 1 aromatic carbocycles. The summed E-state index contributed by atoms with van der Waals surface area (Å²) in [5.41, 5.74) is 0.854. The van der Waals surface area contributed by atoms with Gasteiger partial charge in [0.25, 0.3) is 0 Å². The van der Waals surface area contributed by atoms with Gasteiger partial charge in [-0.3, -0.25) is 0 Å². The van der Waals surface area contributed by atoms with Gasteiger partial charge >= 0.3 is 0 Å². The van der Waals surface area contributed by atoms with Crippen LogP contribution in [0, 0.1) is 5.82 Å². The predicted octanol–water partition coefficient (Wildman–Crippen LogP) is 3.07. The minimum Gasteiger partial charge on any atom is -0.385 e. The average Bonchev–Trinajstić information content (AvgIpc) is 2.01.